The van der Waals surface area contributed by atoms with Crippen LogP contribution in [0, 0.1) is 12.8 Å². The summed E-state index contributed by atoms with van der Waals surface area (Å²) in [6, 6.07) is 11.0. The lowest BCUT2D eigenvalue weighted by molar-refractivity contribution is -0.119. The van der Waals surface area contributed by atoms with Crippen LogP contribution >= 0.6 is 15.9 Å². The normalized spacial score (nSPS) is 19.5. The summed E-state index contributed by atoms with van der Waals surface area (Å²) in [6.07, 6.45) is 0. The quantitative estimate of drug-likeness (QED) is 0.617. The Morgan fingerprint density at radius 2 is 2.04 bits per heavy atom. The number of aryl methyl sites for hydroxylation is 1. The molecule has 0 aromatic heterocycles. The molecule has 0 aliphatic carbocycles. The lowest BCUT2D eigenvalue weighted by Gasteiger charge is -2.34. The second-order valence-corrected chi connectivity index (χ2v) is 7.06. The van der Waals surface area contributed by atoms with Crippen molar-refractivity contribution in [2.75, 3.05) is 5.32 Å². The minimum Gasteiger partial charge on any atom is -0.508 e. The number of carbonyl (C=O) groups excluding carboxylic acids is 2. The van der Waals surface area contributed by atoms with E-state index in [0.29, 0.717) is 11.3 Å². The Labute approximate surface area is 159 Å². The molecule has 0 saturated carbocycles. The summed E-state index contributed by atoms with van der Waals surface area (Å²) in [5, 5.41) is 18.3. The minimum absolute atomic E-state index is 0.0124. The van der Waals surface area contributed by atoms with Gasteiger partial charge in [0.25, 0.3) is 0 Å². The van der Waals surface area contributed by atoms with Crippen LogP contribution in [0.15, 0.2) is 59.2 Å². The summed E-state index contributed by atoms with van der Waals surface area (Å²) in [4.78, 5) is 24.8. The number of benzene rings is 2. The first kappa shape index (κ1) is 18.0. The van der Waals surface area contributed by atoms with Gasteiger partial charge in [0.05, 0.1) is 6.04 Å². The Kier molecular flexibility index (Phi) is 4.99. The van der Waals surface area contributed by atoms with Crippen molar-refractivity contribution in [1.29, 1.82) is 0 Å². The number of amides is 3. The lowest BCUT2D eigenvalue weighted by Crippen LogP contribution is -2.51. The molecule has 1 aliphatic heterocycles. The molecule has 2 unspecified atom stereocenters. The van der Waals surface area contributed by atoms with Gasteiger partial charge in [0.15, 0.2) is 0 Å². The molecule has 0 radical (unpaired) electrons. The highest BCUT2D eigenvalue weighted by molar-refractivity contribution is 9.10. The fraction of sp³-hybridized carbons (Fsp3) is 0.158. The van der Waals surface area contributed by atoms with E-state index in [4.69, 9.17) is 0 Å². The van der Waals surface area contributed by atoms with E-state index >= 15 is 0 Å². The first-order valence-electron chi connectivity index (χ1n) is 7.97. The average Bonchev–Trinajstić information content (AvgIpc) is 2.56. The Hall–Kier alpha value is -2.80. The molecule has 3 rings (SSSR count). The van der Waals surface area contributed by atoms with Gasteiger partial charge in [0.2, 0.25) is 5.91 Å². The Morgan fingerprint density at radius 3 is 2.77 bits per heavy atom. The van der Waals surface area contributed by atoms with Crippen LogP contribution in [0.5, 0.6) is 5.75 Å². The molecule has 7 heteroatoms. The minimum atomic E-state index is -0.798. The Bertz CT molecular complexity index is 897. The highest BCUT2D eigenvalue weighted by Gasteiger charge is 2.39. The zero-order valence-corrected chi connectivity index (χ0v) is 15.6. The van der Waals surface area contributed by atoms with E-state index in [1.165, 1.54) is 6.07 Å². The number of hydrogen-bond donors (Lipinski definition) is 4. The first-order chi connectivity index (χ1) is 12.3. The number of urea groups is 1. The van der Waals surface area contributed by atoms with Crippen molar-refractivity contribution in [2.45, 2.75) is 13.0 Å². The Morgan fingerprint density at radius 1 is 1.27 bits per heavy atom. The number of rotatable bonds is 3. The number of aromatic hydroxyl groups is 1. The molecular formula is C19H18BrN3O3. The van der Waals surface area contributed by atoms with E-state index in [9.17, 15) is 14.7 Å². The summed E-state index contributed by atoms with van der Waals surface area (Å²) >= 11 is 3.35. The molecular weight excluding hydrogens is 398 g/mol. The van der Waals surface area contributed by atoms with E-state index < -0.39 is 18.0 Å². The molecule has 1 heterocycles. The van der Waals surface area contributed by atoms with Crippen LogP contribution in [0.25, 0.3) is 0 Å². The molecule has 1 fully saturated rings. The summed E-state index contributed by atoms with van der Waals surface area (Å²) < 4.78 is 0.724. The molecule has 2 aromatic carbocycles. The zero-order valence-electron chi connectivity index (χ0n) is 14.0. The van der Waals surface area contributed by atoms with Crippen molar-refractivity contribution in [1.82, 2.24) is 10.6 Å². The van der Waals surface area contributed by atoms with Crippen molar-refractivity contribution < 1.29 is 14.7 Å². The largest absolute Gasteiger partial charge is 0.508 e. The van der Waals surface area contributed by atoms with Crippen molar-refractivity contribution in [3.63, 3.8) is 0 Å². The molecule has 6 nitrogen and oxygen atoms in total. The number of phenolic OH excluding ortho intramolecular Hbond substituents is 1. The van der Waals surface area contributed by atoms with Gasteiger partial charge in [-0.3, -0.25) is 4.79 Å². The maximum atomic E-state index is 12.9. The van der Waals surface area contributed by atoms with E-state index in [-0.39, 0.29) is 17.4 Å². The second kappa shape index (κ2) is 7.21. The maximum Gasteiger partial charge on any atom is 0.319 e. The highest BCUT2D eigenvalue weighted by Crippen LogP contribution is 2.36. The third-order valence-electron chi connectivity index (χ3n) is 4.16. The van der Waals surface area contributed by atoms with Gasteiger partial charge in [0.1, 0.15) is 11.7 Å². The van der Waals surface area contributed by atoms with Gasteiger partial charge in [0, 0.05) is 21.4 Å². The van der Waals surface area contributed by atoms with Crippen molar-refractivity contribution in [3.8, 4) is 5.75 Å². The number of carbonyl (C=O) groups is 2. The predicted molar refractivity (Wildman–Crippen MR) is 103 cm³/mol. The SMILES string of the molecule is C=C1NC(=O)NC(c2cc(Br)ccc2O)C1C(=O)Nc1cccc(C)c1. The van der Waals surface area contributed by atoms with Crippen LogP contribution in [0.2, 0.25) is 0 Å². The van der Waals surface area contributed by atoms with E-state index in [0.717, 1.165) is 10.0 Å². The van der Waals surface area contributed by atoms with Gasteiger partial charge in [-0.1, -0.05) is 34.6 Å². The molecule has 3 amide bonds. The van der Waals surface area contributed by atoms with Gasteiger partial charge in [-0.25, -0.2) is 4.79 Å². The molecule has 4 N–H and O–H groups in total. The summed E-state index contributed by atoms with van der Waals surface area (Å²) in [6.45, 7) is 5.76. The van der Waals surface area contributed by atoms with Gasteiger partial charge in [-0.2, -0.15) is 0 Å². The predicted octanol–water partition coefficient (Wildman–Crippen LogP) is 3.59. The summed E-state index contributed by atoms with van der Waals surface area (Å²) in [5.41, 5.74) is 2.36. The molecule has 0 bridgehead atoms. The summed E-state index contributed by atoms with van der Waals surface area (Å²) in [5.74, 6) is -1.15. The molecule has 1 aliphatic rings. The standard InChI is InChI=1S/C19H18BrN3O3/c1-10-4-3-5-13(8-10)22-18(25)16-11(2)21-19(26)23-17(16)14-9-12(20)6-7-15(14)24/h3-9,16-17,24H,2H2,1H3,(H,22,25)(H2,21,23,26). The first-order valence-corrected chi connectivity index (χ1v) is 8.76. The molecule has 2 aromatic rings. The maximum absolute atomic E-state index is 12.9. The van der Waals surface area contributed by atoms with Gasteiger partial charge in [-0.05, 0) is 42.8 Å². The van der Waals surface area contributed by atoms with E-state index in [2.05, 4.69) is 38.5 Å². The highest BCUT2D eigenvalue weighted by atomic mass is 79.9. The molecule has 134 valence electrons. The van der Waals surface area contributed by atoms with Crippen molar-refractivity contribution >= 4 is 33.6 Å². The smallest absolute Gasteiger partial charge is 0.319 e. The van der Waals surface area contributed by atoms with Gasteiger partial charge >= 0.3 is 6.03 Å². The monoisotopic (exact) mass is 415 g/mol. The molecule has 1 saturated heterocycles. The zero-order chi connectivity index (χ0) is 18.8. The van der Waals surface area contributed by atoms with E-state index in [1.54, 1.807) is 18.2 Å². The number of nitrogens with one attached hydrogen (secondary N) is 3. The lowest BCUT2D eigenvalue weighted by atomic mass is 9.87. The third-order valence-corrected chi connectivity index (χ3v) is 4.66. The molecule has 2 atom stereocenters. The van der Waals surface area contributed by atoms with Crippen molar-refractivity contribution in [3.05, 3.63) is 70.3 Å². The number of anilines is 1. The van der Waals surface area contributed by atoms with E-state index in [1.807, 2.05) is 25.1 Å². The second-order valence-electron chi connectivity index (χ2n) is 6.14. The van der Waals surface area contributed by atoms with Crippen LogP contribution < -0.4 is 16.0 Å². The van der Waals surface area contributed by atoms with Crippen LogP contribution in [0.4, 0.5) is 10.5 Å². The van der Waals surface area contributed by atoms with Crippen LogP contribution in [-0.2, 0) is 4.79 Å². The third kappa shape index (κ3) is 3.72. The number of hydrogen-bond acceptors (Lipinski definition) is 3. The van der Waals surface area contributed by atoms with Crippen LogP contribution in [0.3, 0.4) is 0 Å². The van der Waals surface area contributed by atoms with Gasteiger partial charge in [-0.15, -0.1) is 0 Å². The van der Waals surface area contributed by atoms with Crippen molar-refractivity contribution in [2.24, 2.45) is 5.92 Å². The fourth-order valence-corrected chi connectivity index (χ4v) is 3.35. The molecule has 0 spiro atoms. The topological polar surface area (TPSA) is 90.5 Å². The number of phenols is 1. The van der Waals surface area contributed by atoms with Crippen LogP contribution in [-0.4, -0.2) is 17.0 Å². The average molecular weight is 416 g/mol. The van der Waals surface area contributed by atoms with Gasteiger partial charge < -0.3 is 21.1 Å². The fourth-order valence-electron chi connectivity index (χ4n) is 2.97. The Balaban J connectivity index is 1.95. The summed E-state index contributed by atoms with van der Waals surface area (Å²) in [7, 11) is 0. The van der Waals surface area contributed by atoms with Crippen LogP contribution in [0.1, 0.15) is 17.2 Å². The number of halogens is 1. The molecule has 26 heavy (non-hydrogen) atoms.